The van der Waals surface area contributed by atoms with Crippen molar-refractivity contribution in [2.45, 2.75) is 33.1 Å². The predicted octanol–water partition coefficient (Wildman–Crippen LogP) is 2.37. The number of aliphatic carboxylic acids is 1. The van der Waals surface area contributed by atoms with Gasteiger partial charge in [0.15, 0.2) is 0 Å². The minimum absolute atomic E-state index is 0.00775. The number of likely N-dealkylation sites (tertiary alicyclic amines) is 1. The van der Waals surface area contributed by atoms with Crippen LogP contribution in [0.1, 0.15) is 36.9 Å². The molecule has 3 fully saturated rings. The molecule has 0 spiro atoms. The van der Waals surface area contributed by atoms with Gasteiger partial charge in [0, 0.05) is 30.1 Å². The molecule has 6 heteroatoms. The van der Waals surface area contributed by atoms with E-state index in [4.69, 9.17) is 0 Å². The van der Waals surface area contributed by atoms with Crippen molar-refractivity contribution in [1.29, 1.82) is 0 Å². The highest BCUT2D eigenvalue weighted by molar-refractivity contribution is 7.09. The van der Waals surface area contributed by atoms with E-state index in [0.29, 0.717) is 19.0 Å². The molecule has 1 amide bonds. The number of thiazole rings is 1. The van der Waals surface area contributed by atoms with Gasteiger partial charge in [-0.25, -0.2) is 4.98 Å². The molecule has 3 aliphatic rings. The lowest BCUT2D eigenvalue weighted by Crippen LogP contribution is -2.38. The first kappa shape index (κ1) is 15.1. The molecule has 124 valence electrons. The van der Waals surface area contributed by atoms with E-state index in [1.165, 1.54) is 0 Å². The summed E-state index contributed by atoms with van der Waals surface area (Å²) in [6.45, 7) is 7.59. The van der Waals surface area contributed by atoms with E-state index in [0.717, 1.165) is 17.1 Å². The Balaban J connectivity index is 1.47. The number of aromatic nitrogens is 1. The highest BCUT2D eigenvalue weighted by Gasteiger charge is 2.66. The van der Waals surface area contributed by atoms with Crippen molar-refractivity contribution < 1.29 is 14.7 Å². The maximum atomic E-state index is 13.0. The summed E-state index contributed by atoms with van der Waals surface area (Å²) in [4.78, 5) is 30.6. The molecule has 1 saturated heterocycles. The normalized spacial score (nSPS) is 37.2. The van der Waals surface area contributed by atoms with Gasteiger partial charge >= 0.3 is 5.97 Å². The molecule has 2 aliphatic carbocycles. The zero-order chi connectivity index (χ0) is 16.5. The molecule has 2 saturated carbocycles. The maximum absolute atomic E-state index is 13.0. The summed E-state index contributed by atoms with van der Waals surface area (Å²) >= 11 is 1.64. The number of carbonyl (C=O) groups excluding carboxylic acids is 1. The molecule has 1 aromatic heterocycles. The largest absolute Gasteiger partial charge is 0.481 e. The van der Waals surface area contributed by atoms with Crippen LogP contribution in [0.2, 0.25) is 0 Å². The standard InChI is InChI=1S/C17H22N2O3S/c1-8-7-23-14(18-8)12-13(17(12,2)3)15(20)19-5-4-9-10(6-19)11(9)16(21)22/h7,9-13H,4-6H2,1-3H3,(H,21,22)/t9-,10+,11-,12-,13-/m0/s1. The molecule has 0 radical (unpaired) electrons. The van der Waals surface area contributed by atoms with Crippen LogP contribution in [0.5, 0.6) is 0 Å². The SMILES string of the molecule is Cc1csc([C@@H]2[C@@H](C(=O)N3CC[C@H]4[C@@H](C3)[C@H]4C(=O)O)C2(C)C)n1. The Hall–Kier alpha value is -1.43. The fourth-order valence-electron chi connectivity index (χ4n) is 4.58. The van der Waals surface area contributed by atoms with Crippen molar-refractivity contribution in [2.75, 3.05) is 13.1 Å². The first-order chi connectivity index (χ1) is 10.8. The fraction of sp³-hybridized carbons (Fsp3) is 0.706. The molecule has 23 heavy (non-hydrogen) atoms. The fourth-order valence-corrected chi connectivity index (χ4v) is 5.70. The van der Waals surface area contributed by atoms with Gasteiger partial charge in [-0.2, -0.15) is 0 Å². The number of nitrogens with zero attached hydrogens (tertiary/aromatic N) is 2. The van der Waals surface area contributed by atoms with E-state index in [1.807, 2.05) is 17.2 Å². The van der Waals surface area contributed by atoms with E-state index in [2.05, 4.69) is 18.8 Å². The van der Waals surface area contributed by atoms with Gasteiger partial charge in [0.1, 0.15) is 0 Å². The van der Waals surface area contributed by atoms with Crippen molar-refractivity contribution in [2.24, 2.45) is 29.1 Å². The van der Waals surface area contributed by atoms with Gasteiger partial charge in [-0.1, -0.05) is 13.8 Å². The van der Waals surface area contributed by atoms with Crippen LogP contribution < -0.4 is 0 Å². The number of hydrogen-bond acceptors (Lipinski definition) is 4. The molecule has 2 heterocycles. The van der Waals surface area contributed by atoms with Gasteiger partial charge in [0.25, 0.3) is 0 Å². The third-order valence-corrected chi connectivity index (χ3v) is 7.13. The van der Waals surface area contributed by atoms with E-state index in [-0.39, 0.29) is 35.0 Å². The van der Waals surface area contributed by atoms with E-state index >= 15 is 0 Å². The lowest BCUT2D eigenvalue weighted by Gasteiger charge is -2.27. The van der Waals surface area contributed by atoms with Crippen LogP contribution in [0.4, 0.5) is 0 Å². The Bertz CT molecular complexity index is 683. The smallest absolute Gasteiger partial charge is 0.307 e. The molecule has 1 aliphatic heterocycles. The monoisotopic (exact) mass is 334 g/mol. The third kappa shape index (κ3) is 2.22. The summed E-state index contributed by atoms with van der Waals surface area (Å²) in [5.41, 5.74) is 0.968. The van der Waals surface area contributed by atoms with Crippen molar-refractivity contribution in [1.82, 2.24) is 9.88 Å². The van der Waals surface area contributed by atoms with Crippen molar-refractivity contribution in [3.05, 3.63) is 16.1 Å². The Morgan fingerprint density at radius 3 is 2.74 bits per heavy atom. The molecule has 1 N–H and O–H groups in total. The summed E-state index contributed by atoms with van der Waals surface area (Å²) in [6.07, 6.45) is 0.835. The van der Waals surface area contributed by atoms with Crippen LogP contribution in [-0.2, 0) is 9.59 Å². The summed E-state index contributed by atoms with van der Waals surface area (Å²) in [5, 5.41) is 12.3. The van der Waals surface area contributed by atoms with Gasteiger partial charge < -0.3 is 10.0 Å². The number of amides is 1. The quantitative estimate of drug-likeness (QED) is 0.921. The van der Waals surface area contributed by atoms with Crippen LogP contribution >= 0.6 is 11.3 Å². The first-order valence-corrected chi connectivity index (χ1v) is 9.14. The molecule has 0 aromatic carbocycles. The van der Waals surface area contributed by atoms with Crippen molar-refractivity contribution in [3.63, 3.8) is 0 Å². The lowest BCUT2D eigenvalue weighted by molar-refractivity contribution is -0.139. The Morgan fingerprint density at radius 1 is 1.39 bits per heavy atom. The number of rotatable bonds is 3. The van der Waals surface area contributed by atoms with Gasteiger partial charge in [-0.05, 0) is 30.6 Å². The Morgan fingerprint density at radius 2 is 2.13 bits per heavy atom. The topological polar surface area (TPSA) is 70.5 Å². The second-order valence-electron chi connectivity index (χ2n) is 7.87. The number of carboxylic acid groups (broad SMARTS) is 1. The number of fused-ring (bicyclic) bond motifs is 1. The van der Waals surface area contributed by atoms with Crippen molar-refractivity contribution in [3.8, 4) is 0 Å². The highest BCUT2D eigenvalue weighted by Crippen LogP contribution is 2.65. The summed E-state index contributed by atoms with van der Waals surface area (Å²) in [6, 6.07) is 0. The number of aryl methyl sites for hydroxylation is 1. The summed E-state index contributed by atoms with van der Waals surface area (Å²) in [7, 11) is 0. The second-order valence-corrected chi connectivity index (χ2v) is 8.76. The van der Waals surface area contributed by atoms with Crippen LogP contribution in [-0.4, -0.2) is 40.0 Å². The summed E-state index contributed by atoms with van der Waals surface area (Å²) in [5.74, 6) is -0.0572. The molecule has 5 atom stereocenters. The summed E-state index contributed by atoms with van der Waals surface area (Å²) < 4.78 is 0. The van der Waals surface area contributed by atoms with Gasteiger partial charge in [-0.3, -0.25) is 9.59 Å². The molecule has 1 aromatic rings. The van der Waals surface area contributed by atoms with Gasteiger partial charge in [0.2, 0.25) is 5.91 Å². The zero-order valence-corrected chi connectivity index (χ0v) is 14.5. The molecule has 5 nitrogen and oxygen atoms in total. The van der Waals surface area contributed by atoms with E-state index < -0.39 is 5.97 Å². The highest BCUT2D eigenvalue weighted by atomic mass is 32.1. The Kier molecular flexibility index (Phi) is 3.15. The number of carboxylic acids is 1. The zero-order valence-electron chi connectivity index (χ0n) is 13.7. The van der Waals surface area contributed by atoms with Crippen LogP contribution in [0.25, 0.3) is 0 Å². The lowest BCUT2D eigenvalue weighted by atomic mass is 10.1. The Labute approximate surface area is 139 Å². The molecule has 0 bridgehead atoms. The van der Waals surface area contributed by atoms with Crippen LogP contribution in [0.15, 0.2) is 5.38 Å². The molecule has 4 rings (SSSR count). The minimum Gasteiger partial charge on any atom is -0.481 e. The van der Waals surface area contributed by atoms with Crippen molar-refractivity contribution >= 4 is 23.2 Å². The van der Waals surface area contributed by atoms with Crippen LogP contribution in [0, 0.1) is 36.0 Å². The van der Waals surface area contributed by atoms with E-state index in [9.17, 15) is 14.7 Å². The van der Waals surface area contributed by atoms with Gasteiger partial charge in [-0.15, -0.1) is 11.3 Å². The first-order valence-electron chi connectivity index (χ1n) is 8.26. The minimum atomic E-state index is -0.697. The van der Waals surface area contributed by atoms with Gasteiger partial charge in [0.05, 0.1) is 16.8 Å². The number of carbonyl (C=O) groups is 2. The predicted molar refractivity (Wildman–Crippen MR) is 86.2 cm³/mol. The molecular formula is C17H22N2O3S. The maximum Gasteiger partial charge on any atom is 0.307 e. The van der Waals surface area contributed by atoms with E-state index in [1.54, 1.807) is 11.3 Å². The number of hydrogen-bond donors (Lipinski definition) is 1. The average molecular weight is 334 g/mol. The third-order valence-electron chi connectivity index (χ3n) is 6.09. The average Bonchev–Trinajstić information content (AvgIpc) is 3.28. The molecule has 0 unspecified atom stereocenters. The second kappa shape index (κ2) is 4.79. The van der Waals surface area contributed by atoms with Crippen LogP contribution in [0.3, 0.4) is 0 Å². The number of piperidine rings is 1. The molecular weight excluding hydrogens is 312 g/mol.